The highest BCUT2D eigenvalue weighted by atomic mass is 16.5. The molecule has 24 heavy (non-hydrogen) atoms. The van der Waals surface area contributed by atoms with Crippen molar-refractivity contribution in [2.75, 3.05) is 38.2 Å². The van der Waals surface area contributed by atoms with E-state index in [-0.39, 0.29) is 18.0 Å². The lowest BCUT2D eigenvalue weighted by Gasteiger charge is -2.31. The number of anilines is 1. The molecule has 0 atom stereocenters. The molecule has 1 aliphatic heterocycles. The van der Waals surface area contributed by atoms with Gasteiger partial charge in [-0.1, -0.05) is 0 Å². The highest BCUT2D eigenvalue weighted by molar-refractivity contribution is 5.94. The first-order valence-electron chi connectivity index (χ1n) is 8.57. The lowest BCUT2D eigenvalue weighted by atomic mass is 10.0. The van der Waals surface area contributed by atoms with Crippen LogP contribution in [0.2, 0.25) is 0 Å². The van der Waals surface area contributed by atoms with Crippen LogP contribution in [0.25, 0.3) is 0 Å². The average molecular weight is 333 g/mol. The number of hydrogen-bond acceptors (Lipinski definition) is 4. The lowest BCUT2D eigenvalue weighted by Crippen LogP contribution is -2.46. The van der Waals surface area contributed by atoms with Gasteiger partial charge in [0, 0.05) is 43.5 Å². The molecule has 0 bridgehead atoms. The van der Waals surface area contributed by atoms with Gasteiger partial charge in [0.2, 0.25) is 0 Å². The molecule has 0 radical (unpaired) electrons. The zero-order valence-electron chi connectivity index (χ0n) is 14.7. The molecule has 1 N–H and O–H groups in total. The Morgan fingerprint density at radius 3 is 2.25 bits per heavy atom. The number of piperidine rings is 1. The summed E-state index contributed by atoms with van der Waals surface area (Å²) in [6, 6.07) is 7.81. The van der Waals surface area contributed by atoms with Crippen LogP contribution in [0.1, 0.15) is 37.0 Å². The maximum Gasteiger partial charge on any atom is 0.409 e. The van der Waals surface area contributed by atoms with Gasteiger partial charge in [-0.3, -0.25) is 4.79 Å². The third kappa shape index (κ3) is 4.40. The molecule has 1 aliphatic rings. The standard InChI is InChI=1S/C18H27N3O3/c1-4-20(5-2)16-8-6-14(7-9-16)17(22)19-15-10-12-21(13-11-15)18(23)24-3/h6-9,15H,4-5,10-13H2,1-3H3,(H,19,22). The Labute approximate surface area is 143 Å². The molecular weight excluding hydrogens is 306 g/mol. The minimum absolute atomic E-state index is 0.0578. The number of ether oxygens (including phenoxy) is 1. The number of carbonyl (C=O) groups is 2. The number of rotatable bonds is 5. The summed E-state index contributed by atoms with van der Waals surface area (Å²) in [5, 5.41) is 3.06. The van der Waals surface area contributed by atoms with E-state index < -0.39 is 0 Å². The number of likely N-dealkylation sites (tertiary alicyclic amines) is 1. The molecule has 0 aromatic heterocycles. The molecule has 0 saturated carbocycles. The van der Waals surface area contributed by atoms with Gasteiger partial charge in [-0.25, -0.2) is 4.79 Å². The van der Waals surface area contributed by atoms with Crippen LogP contribution >= 0.6 is 0 Å². The first-order valence-corrected chi connectivity index (χ1v) is 8.57. The van der Waals surface area contributed by atoms with Gasteiger partial charge < -0.3 is 19.9 Å². The molecule has 2 rings (SSSR count). The molecule has 6 heteroatoms. The lowest BCUT2D eigenvalue weighted by molar-refractivity contribution is 0.0892. The Balaban J connectivity index is 1.88. The minimum atomic E-state index is -0.299. The molecule has 0 spiro atoms. The van der Waals surface area contributed by atoms with Crippen LogP contribution in [0.3, 0.4) is 0 Å². The van der Waals surface area contributed by atoms with E-state index in [1.165, 1.54) is 7.11 Å². The Morgan fingerprint density at radius 2 is 1.75 bits per heavy atom. The quantitative estimate of drug-likeness (QED) is 0.899. The van der Waals surface area contributed by atoms with E-state index >= 15 is 0 Å². The van der Waals surface area contributed by atoms with E-state index in [1.807, 2.05) is 24.3 Å². The summed E-state index contributed by atoms with van der Waals surface area (Å²) < 4.78 is 4.72. The second kappa shape index (κ2) is 8.57. The maximum atomic E-state index is 12.4. The number of nitrogens with one attached hydrogen (secondary N) is 1. The van der Waals surface area contributed by atoms with Crippen LogP contribution in [-0.4, -0.2) is 56.2 Å². The zero-order chi connectivity index (χ0) is 17.5. The second-order valence-corrected chi connectivity index (χ2v) is 5.92. The fourth-order valence-corrected chi connectivity index (χ4v) is 3.02. The smallest absolute Gasteiger partial charge is 0.409 e. The number of methoxy groups -OCH3 is 1. The van der Waals surface area contributed by atoms with E-state index in [0.717, 1.165) is 31.6 Å². The molecule has 2 amide bonds. The molecule has 0 unspecified atom stereocenters. The molecule has 1 saturated heterocycles. The summed E-state index contributed by atoms with van der Waals surface area (Å²) >= 11 is 0. The summed E-state index contributed by atoms with van der Waals surface area (Å²) in [7, 11) is 1.39. The first-order chi connectivity index (χ1) is 11.6. The second-order valence-electron chi connectivity index (χ2n) is 5.92. The molecule has 1 aromatic rings. The van der Waals surface area contributed by atoms with Crippen molar-refractivity contribution in [3.05, 3.63) is 29.8 Å². The molecule has 6 nitrogen and oxygen atoms in total. The van der Waals surface area contributed by atoms with Crippen LogP contribution < -0.4 is 10.2 Å². The largest absolute Gasteiger partial charge is 0.453 e. The Hall–Kier alpha value is -2.24. The van der Waals surface area contributed by atoms with Gasteiger partial charge >= 0.3 is 6.09 Å². The SMILES string of the molecule is CCN(CC)c1ccc(C(=O)NC2CCN(C(=O)OC)CC2)cc1. The van der Waals surface area contributed by atoms with Crippen molar-refractivity contribution in [2.24, 2.45) is 0 Å². The molecule has 1 aromatic carbocycles. The summed E-state index contributed by atoms with van der Waals surface area (Å²) in [6.07, 6.45) is 1.20. The third-order valence-corrected chi connectivity index (χ3v) is 4.52. The van der Waals surface area contributed by atoms with Gasteiger partial charge in [-0.2, -0.15) is 0 Å². The molecular formula is C18H27N3O3. The molecule has 0 aliphatic carbocycles. The van der Waals surface area contributed by atoms with Crippen molar-refractivity contribution in [3.8, 4) is 0 Å². The highest BCUT2D eigenvalue weighted by Gasteiger charge is 2.24. The van der Waals surface area contributed by atoms with Crippen LogP contribution in [0.5, 0.6) is 0 Å². The summed E-state index contributed by atoms with van der Waals surface area (Å²) in [5.41, 5.74) is 1.80. The maximum absolute atomic E-state index is 12.4. The van der Waals surface area contributed by atoms with Gasteiger partial charge in [-0.15, -0.1) is 0 Å². The number of amides is 2. The van der Waals surface area contributed by atoms with Crippen molar-refractivity contribution in [2.45, 2.75) is 32.7 Å². The fraction of sp³-hybridized carbons (Fsp3) is 0.556. The third-order valence-electron chi connectivity index (χ3n) is 4.52. The Bertz CT molecular complexity index is 547. The number of carbonyl (C=O) groups excluding carboxylic acids is 2. The van der Waals surface area contributed by atoms with Gasteiger partial charge in [0.25, 0.3) is 5.91 Å². The van der Waals surface area contributed by atoms with E-state index in [4.69, 9.17) is 4.74 Å². The monoisotopic (exact) mass is 333 g/mol. The van der Waals surface area contributed by atoms with Crippen molar-refractivity contribution >= 4 is 17.7 Å². The van der Waals surface area contributed by atoms with Crippen LogP contribution in [0.15, 0.2) is 24.3 Å². The van der Waals surface area contributed by atoms with Gasteiger partial charge in [0.05, 0.1) is 7.11 Å². The van der Waals surface area contributed by atoms with E-state index in [9.17, 15) is 9.59 Å². The summed E-state index contributed by atoms with van der Waals surface area (Å²) in [5.74, 6) is -0.0578. The van der Waals surface area contributed by atoms with Gasteiger partial charge in [0.1, 0.15) is 0 Å². The number of nitrogens with zero attached hydrogens (tertiary/aromatic N) is 2. The number of hydrogen-bond donors (Lipinski definition) is 1. The van der Waals surface area contributed by atoms with Crippen LogP contribution in [0, 0.1) is 0 Å². The van der Waals surface area contributed by atoms with Gasteiger partial charge in [0.15, 0.2) is 0 Å². The van der Waals surface area contributed by atoms with Crippen molar-refractivity contribution in [1.82, 2.24) is 10.2 Å². The predicted octanol–water partition coefficient (Wildman–Crippen LogP) is 2.49. The van der Waals surface area contributed by atoms with Crippen molar-refractivity contribution in [3.63, 3.8) is 0 Å². The fourth-order valence-electron chi connectivity index (χ4n) is 3.02. The topological polar surface area (TPSA) is 61.9 Å². The Kier molecular flexibility index (Phi) is 6.46. The normalized spacial score (nSPS) is 15.0. The van der Waals surface area contributed by atoms with Crippen LogP contribution in [-0.2, 0) is 4.74 Å². The highest BCUT2D eigenvalue weighted by Crippen LogP contribution is 2.16. The van der Waals surface area contributed by atoms with Crippen molar-refractivity contribution < 1.29 is 14.3 Å². The van der Waals surface area contributed by atoms with E-state index in [1.54, 1.807) is 4.90 Å². The Morgan fingerprint density at radius 1 is 1.17 bits per heavy atom. The number of benzene rings is 1. The van der Waals surface area contributed by atoms with E-state index in [0.29, 0.717) is 18.7 Å². The average Bonchev–Trinajstić information content (AvgIpc) is 2.63. The van der Waals surface area contributed by atoms with Gasteiger partial charge in [-0.05, 0) is 51.0 Å². The summed E-state index contributed by atoms with van der Waals surface area (Å²) in [6.45, 7) is 7.34. The molecule has 1 heterocycles. The molecule has 132 valence electrons. The summed E-state index contributed by atoms with van der Waals surface area (Å²) in [4.78, 5) is 27.7. The van der Waals surface area contributed by atoms with Crippen molar-refractivity contribution in [1.29, 1.82) is 0 Å². The van der Waals surface area contributed by atoms with Crippen LogP contribution in [0.4, 0.5) is 10.5 Å². The minimum Gasteiger partial charge on any atom is -0.453 e. The first kappa shape index (κ1) is 18.1. The predicted molar refractivity (Wildman–Crippen MR) is 94.5 cm³/mol. The van der Waals surface area contributed by atoms with E-state index in [2.05, 4.69) is 24.1 Å². The molecule has 1 fully saturated rings. The zero-order valence-corrected chi connectivity index (χ0v) is 14.7.